The molecule has 0 unspecified atom stereocenters. The molecule has 0 saturated carbocycles. The van der Waals surface area contributed by atoms with Gasteiger partial charge in [-0.05, 0) is 50.0 Å². The number of phenolic OH excluding ortho intramolecular Hbond substituents is 1. The van der Waals surface area contributed by atoms with Gasteiger partial charge in [0.25, 0.3) is 0 Å². The first-order valence-electron chi connectivity index (χ1n) is 6.52. The molecule has 0 amide bonds. The fourth-order valence-electron chi connectivity index (χ4n) is 2.61. The van der Waals surface area contributed by atoms with Crippen LogP contribution < -0.4 is 0 Å². The minimum Gasteiger partial charge on any atom is -0.508 e. The van der Waals surface area contributed by atoms with Gasteiger partial charge in [-0.3, -0.25) is 0 Å². The smallest absolute Gasteiger partial charge is 0.115 e. The van der Waals surface area contributed by atoms with Crippen LogP contribution in [0, 0.1) is 5.92 Å². The van der Waals surface area contributed by atoms with Crippen molar-refractivity contribution in [1.29, 1.82) is 0 Å². The monoisotopic (exact) mass is 271 g/mol. The summed E-state index contributed by atoms with van der Waals surface area (Å²) in [4.78, 5) is 2.25. The molecule has 104 valence electrons. The summed E-state index contributed by atoms with van der Waals surface area (Å²) in [7, 11) is 4.25. The molecular weight excluding hydrogens is 246 g/mol. The van der Waals surface area contributed by atoms with E-state index >= 15 is 0 Å². The van der Waals surface area contributed by atoms with Crippen molar-refractivity contribution in [3.63, 3.8) is 0 Å². The Labute approximate surface area is 117 Å². The molecule has 1 N–H and O–H groups in total. The maximum absolute atomic E-state index is 9.58. The highest BCUT2D eigenvalue weighted by Crippen LogP contribution is 2.32. The van der Waals surface area contributed by atoms with Crippen LogP contribution in [0.25, 0.3) is 0 Å². The van der Waals surface area contributed by atoms with Crippen LogP contribution in [0.4, 0.5) is 0 Å². The highest BCUT2D eigenvalue weighted by molar-refractivity contribution is 5.85. The van der Waals surface area contributed by atoms with Crippen molar-refractivity contribution in [3.05, 3.63) is 29.8 Å². The number of rotatable bonds is 6. The first kappa shape index (κ1) is 17.3. The minimum atomic E-state index is 0. The summed E-state index contributed by atoms with van der Waals surface area (Å²) >= 11 is 0. The topological polar surface area (TPSA) is 23.5 Å². The highest BCUT2D eigenvalue weighted by atomic mass is 35.5. The standard InChI is InChI=1S/C15H25NO.ClH/c1-5-12(11-16(3)4)15(6-2)13-8-7-9-14(17)10-13;/h7-10,12,15,17H,5-6,11H2,1-4H3;1H/t12-,15+;/m0./s1. The van der Waals surface area contributed by atoms with Crippen LogP contribution in [0.5, 0.6) is 5.75 Å². The van der Waals surface area contributed by atoms with Crippen LogP contribution in [0.3, 0.4) is 0 Å². The van der Waals surface area contributed by atoms with E-state index in [1.165, 1.54) is 12.0 Å². The SMILES string of the molecule is CC[C@@H](CN(C)C)[C@@H](CC)c1cccc(O)c1.Cl. The van der Waals surface area contributed by atoms with Crippen molar-refractivity contribution in [2.75, 3.05) is 20.6 Å². The number of hydrogen-bond acceptors (Lipinski definition) is 2. The van der Waals surface area contributed by atoms with Crippen LogP contribution in [0.15, 0.2) is 24.3 Å². The Kier molecular flexibility index (Phi) is 8.05. The summed E-state index contributed by atoms with van der Waals surface area (Å²) in [5.74, 6) is 1.56. The van der Waals surface area contributed by atoms with Gasteiger partial charge in [-0.15, -0.1) is 12.4 Å². The number of phenols is 1. The van der Waals surface area contributed by atoms with Crippen molar-refractivity contribution >= 4 is 12.4 Å². The Hall–Kier alpha value is -0.730. The maximum atomic E-state index is 9.58. The quantitative estimate of drug-likeness (QED) is 0.848. The van der Waals surface area contributed by atoms with E-state index in [4.69, 9.17) is 0 Å². The third-order valence-electron chi connectivity index (χ3n) is 3.43. The third kappa shape index (κ3) is 4.87. The molecule has 3 heteroatoms. The molecule has 1 aromatic rings. The van der Waals surface area contributed by atoms with Gasteiger partial charge in [0.15, 0.2) is 0 Å². The molecule has 0 spiro atoms. The Morgan fingerprint density at radius 2 is 1.83 bits per heavy atom. The number of hydrogen-bond donors (Lipinski definition) is 1. The lowest BCUT2D eigenvalue weighted by Gasteiger charge is -2.28. The predicted molar refractivity (Wildman–Crippen MR) is 80.7 cm³/mol. The molecule has 0 fully saturated rings. The zero-order valence-electron chi connectivity index (χ0n) is 11.9. The highest BCUT2D eigenvalue weighted by Gasteiger charge is 2.20. The lowest BCUT2D eigenvalue weighted by molar-refractivity contribution is 0.278. The van der Waals surface area contributed by atoms with Gasteiger partial charge in [-0.1, -0.05) is 32.4 Å². The largest absolute Gasteiger partial charge is 0.508 e. The van der Waals surface area contributed by atoms with Gasteiger partial charge in [-0.25, -0.2) is 0 Å². The molecule has 1 aromatic carbocycles. The van der Waals surface area contributed by atoms with Crippen LogP contribution in [-0.2, 0) is 0 Å². The summed E-state index contributed by atoms with van der Waals surface area (Å²) in [6, 6.07) is 7.72. The maximum Gasteiger partial charge on any atom is 0.115 e. The lowest BCUT2D eigenvalue weighted by Crippen LogP contribution is -2.26. The van der Waals surface area contributed by atoms with Gasteiger partial charge in [0, 0.05) is 6.54 Å². The average Bonchev–Trinajstić information content (AvgIpc) is 2.28. The number of nitrogens with zero attached hydrogens (tertiary/aromatic N) is 1. The molecule has 0 aliphatic carbocycles. The van der Waals surface area contributed by atoms with E-state index in [1.54, 1.807) is 6.07 Å². The number of halogens is 1. The van der Waals surface area contributed by atoms with Crippen LogP contribution in [-0.4, -0.2) is 30.6 Å². The zero-order valence-corrected chi connectivity index (χ0v) is 12.7. The number of benzene rings is 1. The Balaban J connectivity index is 0.00000289. The summed E-state index contributed by atoms with van der Waals surface area (Å²) in [6.45, 7) is 5.58. The predicted octanol–water partition coefficient (Wildman–Crippen LogP) is 3.90. The first-order chi connectivity index (χ1) is 8.08. The molecule has 18 heavy (non-hydrogen) atoms. The van der Waals surface area contributed by atoms with Gasteiger partial charge < -0.3 is 10.0 Å². The molecule has 1 rings (SSSR count). The molecule has 0 heterocycles. The van der Waals surface area contributed by atoms with E-state index < -0.39 is 0 Å². The summed E-state index contributed by atoms with van der Waals surface area (Å²) in [5, 5.41) is 9.58. The van der Waals surface area contributed by atoms with E-state index in [0.717, 1.165) is 13.0 Å². The van der Waals surface area contributed by atoms with E-state index in [0.29, 0.717) is 17.6 Å². The molecule has 0 radical (unpaired) electrons. The Morgan fingerprint density at radius 1 is 1.17 bits per heavy atom. The Bertz CT molecular complexity index is 341. The van der Waals surface area contributed by atoms with Gasteiger partial charge in [-0.2, -0.15) is 0 Å². The van der Waals surface area contributed by atoms with Crippen LogP contribution >= 0.6 is 12.4 Å². The summed E-state index contributed by atoms with van der Waals surface area (Å²) in [6.07, 6.45) is 2.29. The molecular formula is C15H26ClNO. The van der Waals surface area contributed by atoms with E-state index in [1.807, 2.05) is 12.1 Å². The second-order valence-corrected chi connectivity index (χ2v) is 5.04. The first-order valence-corrected chi connectivity index (χ1v) is 6.52. The van der Waals surface area contributed by atoms with Crippen LogP contribution in [0.2, 0.25) is 0 Å². The third-order valence-corrected chi connectivity index (χ3v) is 3.43. The van der Waals surface area contributed by atoms with E-state index in [9.17, 15) is 5.11 Å². The lowest BCUT2D eigenvalue weighted by atomic mass is 9.82. The van der Waals surface area contributed by atoms with Gasteiger partial charge >= 0.3 is 0 Å². The van der Waals surface area contributed by atoms with Gasteiger partial charge in [0.05, 0.1) is 0 Å². The average molecular weight is 272 g/mol. The van der Waals surface area contributed by atoms with Crippen LogP contribution in [0.1, 0.15) is 38.2 Å². The molecule has 2 nitrogen and oxygen atoms in total. The summed E-state index contributed by atoms with van der Waals surface area (Å²) in [5.41, 5.74) is 1.27. The summed E-state index contributed by atoms with van der Waals surface area (Å²) < 4.78 is 0. The van der Waals surface area contributed by atoms with E-state index in [2.05, 4.69) is 38.9 Å². The molecule has 0 aliphatic rings. The normalized spacial score (nSPS) is 14.1. The van der Waals surface area contributed by atoms with Crippen molar-refractivity contribution in [2.45, 2.75) is 32.6 Å². The van der Waals surface area contributed by atoms with Crippen molar-refractivity contribution < 1.29 is 5.11 Å². The molecule has 0 bridgehead atoms. The van der Waals surface area contributed by atoms with Gasteiger partial charge in [0.2, 0.25) is 0 Å². The molecule has 0 aliphatic heterocycles. The Morgan fingerprint density at radius 3 is 2.28 bits per heavy atom. The fraction of sp³-hybridized carbons (Fsp3) is 0.600. The van der Waals surface area contributed by atoms with Gasteiger partial charge in [0.1, 0.15) is 5.75 Å². The van der Waals surface area contributed by atoms with Crippen molar-refractivity contribution in [2.24, 2.45) is 5.92 Å². The molecule has 0 aromatic heterocycles. The van der Waals surface area contributed by atoms with Crippen molar-refractivity contribution in [3.8, 4) is 5.75 Å². The second-order valence-electron chi connectivity index (χ2n) is 5.04. The molecule has 0 saturated heterocycles. The molecule has 2 atom stereocenters. The van der Waals surface area contributed by atoms with Crippen molar-refractivity contribution in [1.82, 2.24) is 4.90 Å². The zero-order chi connectivity index (χ0) is 12.8. The minimum absolute atomic E-state index is 0. The fourth-order valence-corrected chi connectivity index (χ4v) is 2.61. The van der Waals surface area contributed by atoms with E-state index in [-0.39, 0.29) is 12.4 Å². The number of aromatic hydroxyl groups is 1. The second kappa shape index (κ2) is 8.39.